The van der Waals surface area contributed by atoms with E-state index in [1.54, 1.807) is 18.2 Å². The highest BCUT2D eigenvalue weighted by molar-refractivity contribution is 9.10. The van der Waals surface area contributed by atoms with Crippen LogP contribution in [0.3, 0.4) is 0 Å². The third kappa shape index (κ3) is 3.95. The molecule has 0 spiro atoms. The van der Waals surface area contributed by atoms with Gasteiger partial charge in [0.2, 0.25) is 0 Å². The summed E-state index contributed by atoms with van der Waals surface area (Å²) in [6.45, 7) is 0.388. The molecule has 0 unspecified atom stereocenters. The molecule has 0 saturated carbocycles. The van der Waals surface area contributed by atoms with E-state index in [2.05, 4.69) is 26.0 Å². The quantitative estimate of drug-likeness (QED) is 0.795. The van der Waals surface area contributed by atoms with Gasteiger partial charge in [-0.25, -0.2) is 9.18 Å². The van der Waals surface area contributed by atoms with Crippen LogP contribution in [0.4, 0.5) is 10.1 Å². The average Bonchev–Trinajstić information content (AvgIpc) is 2.48. The number of esters is 1. The minimum atomic E-state index is -0.406. The van der Waals surface area contributed by atoms with Gasteiger partial charge in [0, 0.05) is 16.0 Å². The van der Waals surface area contributed by atoms with Crippen molar-refractivity contribution in [2.24, 2.45) is 0 Å². The second-order valence-corrected chi connectivity index (χ2v) is 5.57. The molecule has 0 aromatic heterocycles. The lowest BCUT2D eigenvalue weighted by molar-refractivity contribution is 0.0600. The predicted molar refractivity (Wildman–Crippen MR) is 84.2 cm³/mol. The molecule has 0 aliphatic rings. The van der Waals surface area contributed by atoms with Gasteiger partial charge in [-0.2, -0.15) is 0 Å². The first-order valence-corrected chi connectivity index (χ1v) is 7.24. The van der Waals surface area contributed by atoms with Crippen LogP contribution in [0, 0.1) is 5.82 Å². The van der Waals surface area contributed by atoms with Gasteiger partial charge in [-0.3, -0.25) is 0 Å². The highest BCUT2D eigenvalue weighted by atomic mass is 79.9. The molecule has 6 heteroatoms. The Hall–Kier alpha value is -1.59. The molecule has 2 aromatic carbocycles. The highest BCUT2D eigenvalue weighted by Gasteiger charge is 2.09. The number of hydrogen-bond acceptors (Lipinski definition) is 3. The fraction of sp³-hybridized carbons (Fsp3) is 0.133. The van der Waals surface area contributed by atoms with Crippen LogP contribution in [0.25, 0.3) is 0 Å². The molecule has 3 nitrogen and oxygen atoms in total. The second-order valence-electron chi connectivity index (χ2n) is 4.28. The number of hydrogen-bond donors (Lipinski definition) is 1. The molecule has 0 atom stereocenters. The summed E-state index contributed by atoms with van der Waals surface area (Å²) in [5.41, 5.74) is 1.65. The Morgan fingerprint density at radius 2 is 2.10 bits per heavy atom. The Bertz CT molecular complexity index is 679. The summed E-state index contributed by atoms with van der Waals surface area (Å²) in [5.74, 6) is -0.780. The lowest BCUT2D eigenvalue weighted by Gasteiger charge is -2.10. The van der Waals surface area contributed by atoms with Gasteiger partial charge >= 0.3 is 5.97 Å². The zero-order valence-corrected chi connectivity index (χ0v) is 13.5. The number of carbonyl (C=O) groups excluding carboxylic acids is 1. The van der Waals surface area contributed by atoms with Crippen molar-refractivity contribution in [1.82, 2.24) is 0 Å². The van der Waals surface area contributed by atoms with Crippen LogP contribution >= 0.6 is 27.5 Å². The topological polar surface area (TPSA) is 38.3 Å². The summed E-state index contributed by atoms with van der Waals surface area (Å²) in [5, 5.41) is 3.43. The van der Waals surface area contributed by atoms with E-state index in [1.165, 1.54) is 25.3 Å². The van der Waals surface area contributed by atoms with E-state index in [4.69, 9.17) is 11.6 Å². The molecule has 0 aliphatic carbocycles. The molecule has 0 amide bonds. The van der Waals surface area contributed by atoms with Crippen molar-refractivity contribution in [3.63, 3.8) is 0 Å². The Kier molecular flexibility index (Phi) is 5.20. The Labute approximate surface area is 135 Å². The number of benzene rings is 2. The fourth-order valence-electron chi connectivity index (χ4n) is 1.76. The van der Waals surface area contributed by atoms with E-state index < -0.39 is 5.97 Å². The van der Waals surface area contributed by atoms with Crippen LogP contribution in [-0.4, -0.2) is 13.1 Å². The SMILES string of the molecule is COC(=O)c1ccc(CNc2cc(Cl)ccc2F)c(Br)c1. The van der Waals surface area contributed by atoms with Gasteiger partial charge in [0.25, 0.3) is 0 Å². The lowest BCUT2D eigenvalue weighted by atomic mass is 10.1. The molecule has 0 bridgehead atoms. The number of anilines is 1. The molecular weight excluding hydrogens is 361 g/mol. The first-order valence-electron chi connectivity index (χ1n) is 6.07. The molecule has 0 radical (unpaired) electrons. The maximum Gasteiger partial charge on any atom is 0.337 e. The maximum atomic E-state index is 13.6. The van der Waals surface area contributed by atoms with Gasteiger partial charge in [-0.15, -0.1) is 0 Å². The normalized spacial score (nSPS) is 10.3. The molecule has 2 rings (SSSR count). The highest BCUT2D eigenvalue weighted by Crippen LogP contribution is 2.23. The lowest BCUT2D eigenvalue weighted by Crippen LogP contribution is -2.05. The molecule has 21 heavy (non-hydrogen) atoms. The number of nitrogens with one attached hydrogen (secondary N) is 1. The Morgan fingerprint density at radius 1 is 1.33 bits per heavy atom. The predicted octanol–water partition coefficient (Wildman–Crippen LogP) is 4.64. The zero-order chi connectivity index (χ0) is 15.4. The molecular formula is C15H12BrClFNO2. The van der Waals surface area contributed by atoms with Gasteiger partial charge in [-0.05, 0) is 35.9 Å². The molecule has 0 heterocycles. The van der Waals surface area contributed by atoms with Crippen molar-refractivity contribution in [3.05, 3.63) is 62.8 Å². The first kappa shape index (κ1) is 15.8. The standard InChI is InChI=1S/C15H12BrClFNO2/c1-21-15(20)9-2-3-10(12(16)6-9)8-19-14-7-11(17)4-5-13(14)18/h2-7,19H,8H2,1H3. The van der Waals surface area contributed by atoms with Gasteiger partial charge in [0.1, 0.15) is 5.82 Å². The van der Waals surface area contributed by atoms with Gasteiger partial charge < -0.3 is 10.1 Å². The zero-order valence-electron chi connectivity index (χ0n) is 11.1. The van der Waals surface area contributed by atoms with Crippen LogP contribution in [-0.2, 0) is 11.3 Å². The van der Waals surface area contributed by atoms with Crippen molar-refractivity contribution in [3.8, 4) is 0 Å². The van der Waals surface area contributed by atoms with Crippen molar-refractivity contribution in [2.45, 2.75) is 6.54 Å². The molecule has 1 N–H and O–H groups in total. The van der Waals surface area contributed by atoms with Crippen molar-refractivity contribution in [1.29, 1.82) is 0 Å². The third-order valence-electron chi connectivity index (χ3n) is 2.87. The summed E-state index contributed by atoms with van der Waals surface area (Å²) in [6.07, 6.45) is 0. The Morgan fingerprint density at radius 3 is 2.76 bits per heavy atom. The van der Waals surface area contributed by atoms with Crippen molar-refractivity contribution in [2.75, 3.05) is 12.4 Å². The molecule has 2 aromatic rings. The number of carbonyl (C=O) groups is 1. The average molecular weight is 373 g/mol. The summed E-state index contributed by atoms with van der Waals surface area (Å²) in [7, 11) is 1.33. The summed E-state index contributed by atoms with van der Waals surface area (Å²) < 4.78 is 19.0. The van der Waals surface area contributed by atoms with Crippen LogP contribution in [0.1, 0.15) is 15.9 Å². The summed E-state index contributed by atoms with van der Waals surface area (Å²) >= 11 is 9.22. The van der Waals surface area contributed by atoms with Gasteiger partial charge in [-0.1, -0.05) is 33.6 Å². The number of ether oxygens (including phenoxy) is 1. The summed E-state index contributed by atoms with van der Waals surface area (Å²) in [6, 6.07) is 9.40. The van der Waals surface area contributed by atoms with Crippen LogP contribution < -0.4 is 5.32 Å². The summed E-state index contributed by atoms with van der Waals surface area (Å²) in [4.78, 5) is 11.4. The second kappa shape index (κ2) is 6.91. The van der Waals surface area contributed by atoms with Gasteiger partial charge in [0.15, 0.2) is 0 Å². The van der Waals surface area contributed by atoms with Crippen molar-refractivity contribution >= 4 is 39.2 Å². The number of rotatable bonds is 4. The largest absolute Gasteiger partial charge is 0.465 e. The van der Waals surface area contributed by atoms with E-state index >= 15 is 0 Å². The van der Waals surface area contributed by atoms with E-state index in [-0.39, 0.29) is 5.82 Å². The number of methoxy groups -OCH3 is 1. The van der Waals surface area contributed by atoms with Crippen molar-refractivity contribution < 1.29 is 13.9 Å². The van der Waals surface area contributed by atoms with Gasteiger partial charge in [0.05, 0.1) is 18.4 Å². The van der Waals surface area contributed by atoms with E-state index in [1.807, 2.05) is 0 Å². The van der Waals surface area contributed by atoms with E-state index in [9.17, 15) is 9.18 Å². The molecule has 0 fully saturated rings. The Balaban J connectivity index is 2.13. The van der Waals surface area contributed by atoms with Crippen LogP contribution in [0.15, 0.2) is 40.9 Å². The number of halogens is 3. The molecule has 0 saturated heterocycles. The molecule has 0 aliphatic heterocycles. The minimum Gasteiger partial charge on any atom is -0.465 e. The smallest absolute Gasteiger partial charge is 0.337 e. The van der Waals surface area contributed by atoms with Crippen LogP contribution in [0.5, 0.6) is 0 Å². The fourth-order valence-corrected chi connectivity index (χ4v) is 2.45. The monoisotopic (exact) mass is 371 g/mol. The first-order chi connectivity index (χ1) is 10.0. The van der Waals surface area contributed by atoms with E-state index in [0.717, 1.165) is 10.0 Å². The third-order valence-corrected chi connectivity index (χ3v) is 3.85. The maximum absolute atomic E-state index is 13.6. The molecule has 110 valence electrons. The minimum absolute atomic E-state index is 0.325. The van der Waals surface area contributed by atoms with E-state index in [0.29, 0.717) is 22.8 Å². The van der Waals surface area contributed by atoms with Crippen LogP contribution in [0.2, 0.25) is 5.02 Å².